The van der Waals surface area contributed by atoms with Crippen molar-refractivity contribution in [3.63, 3.8) is 0 Å². The first kappa shape index (κ1) is 14.7. The SMILES string of the molecule is CCCC(N)C(=O)Nc1ccccc1O.Cl. The van der Waals surface area contributed by atoms with Gasteiger partial charge in [0.15, 0.2) is 0 Å². The number of carbonyl (C=O) groups is 1. The molecule has 4 N–H and O–H groups in total. The molecule has 16 heavy (non-hydrogen) atoms. The average molecular weight is 245 g/mol. The van der Waals surface area contributed by atoms with Gasteiger partial charge in [-0.3, -0.25) is 4.79 Å². The Hall–Kier alpha value is -1.26. The van der Waals surface area contributed by atoms with Crippen molar-refractivity contribution < 1.29 is 9.90 Å². The smallest absolute Gasteiger partial charge is 0.241 e. The highest BCUT2D eigenvalue weighted by molar-refractivity contribution is 5.95. The lowest BCUT2D eigenvalue weighted by atomic mass is 10.1. The molecule has 0 aliphatic rings. The van der Waals surface area contributed by atoms with Crippen LogP contribution in [0, 0.1) is 0 Å². The van der Waals surface area contributed by atoms with Gasteiger partial charge in [-0.25, -0.2) is 0 Å². The lowest BCUT2D eigenvalue weighted by Gasteiger charge is -2.11. The molecule has 4 nitrogen and oxygen atoms in total. The number of benzene rings is 1. The summed E-state index contributed by atoms with van der Waals surface area (Å²) >= 11 is 0. The van der Waals surface area contributed by atoms with E-state index in [9.17, 15) is 9.90 Å². The summed E-state index contributed by atoms with van der Waals surface area (Å²) in [7, 11) is 0. The fourth-order valence-corrected chi connectivity index (χ4v) is 1.25. The number of carbonyl (C=O) groups excluding carboxylic acids is 1. The maximum Gasteiger partial charge on any atom is 0.241 e. The minimum atomic E-state index is -0.519. The number of phenols is 1. The first-order valence-corrected chi connectivity index (χ1v) is 4.99. The molecule has 0 aliphatic heterocycles. The Labute approximate surface area is 101 Å². The predicted molar refractivity (Wildman–Crippen MR) is 66.9 cm³/mol. The van der Waals surface area contributed by atoms with E-state index in [1.807, 2.05) is 6.92 Å². The van der Waals surface area contributed by atoms with Gasteiger partial charge in [0, 0.05) is 0 Å². The molecular formula is C11H17ClN2O2. The number of halogens is 1. The van der Waals surface area contributed by atoms with Crippen molar-refractivity contribution in [2.24, 2.45) is 5.73 Å². The molecule has 5 heteroatoms. The number of nitrogens with one attached hydrogen (secondary N) is 1. The van der Waals surface area contributed by atoms with Gasteiger partial charge in [0.2, 0.25) is 5.91 Å². The molecule has 0 heterocycles. The lowest BCUT2D eigenvalue weighted by Crippen LogP contribution is -2.35. The summed E-state index contributed by atoms with van der Waals surface area (Å²) in [5.41, 5.74) is 6.03. The van der Waals surface area contributed by atoms with Gasteiger partial charge in [-0.1, -0.05) is 25.5 Å². The zero-order valence-electron chi connectivity index (χ0n) is 9.14. The molecular weight excluding hydrogens is 228 g/mol. The summed E-state index contributed by atoms with van der Waals surface area (Å²) in [5, 5.41) is 12.0. The van der Waals surface area contributed by atoms with Crippen LogP contribution in [0.1, 0.15) is 19.8 Å². The number of amides is 1. The van der Waals surface area contributed by atoms with Crippen LogP contribution in [-0.4, -0.2) is 17.1 Å². The number of aromatic hydroxyl groups is 1. The highest BCUT2D eigenvalue weighted by atomic mass is 35.5. The quantitative estimate of drug-likeness (QED) is 0.708. The van der Waals surface area contributed by atoms with Gasteiger partial charge < -0.3 is 16.2 Å². The second kappa shape index (κ2) is 7.09. The summed E-state index contributed by atoms with van der Waals surface area (Å²) in [6, 6.07) is 6.06. The lowest BCUT2D eigenvalue weighted by molar-refractivity contribution is -0.117. The molecule has 0 radical (unpaired) electrons. The van der Waals surface area contributed by atoms with Gasteiger partial charge in [-0.05, 0) is 18.6 Å². The molecule has 90 valence electrons. The fraction of sp³-hybridized carbons (Fsp3) is 0.364. The van der Waals surface area contributed by atoms with Gasteiger partial charge in [0.1, 0.15) is 5.75 Å². The van der Waals surface area contributed by atoms with Crippen LogP contribution in [0.15, 0.2) is 24.3 Å². The summed E-state index contributed by atoms with van der Waals surface area (Å²) in [6.45, 7) is 1.97. The molecule has 0 spiro atoms. The normalized spacial score (nSPS) is 11.4. The molecule has 0 fully saturated rings. The zero-order chi connectivity index (χ0) is 11.3. The molecule has 1 atom stereocenters. The largest absolute Gasteiger partial charge is 0.506 e. The van der Waals surface area contributed by atoms with Crippen LogP contribution in [0.2, 0.25) is 0 Å². The highest BCUT2D eigenvalue weighted by Crippen LogP contribution is 2.21. The van der Waals surface area contributed by atoms with Crippen molar-refractivity contribution in [2.75, 3.05) is 5.32 Å². The standard InChI is InChI=1S/C11H16N2O2.ClH/c1-2-5-8(12)11(15)13-9-6-3-4-7-10(9)14;/h3-4,6-8,14H,2,5,12H2,1H3,(H,13,15);1H. The first-order chi connectivity index (χ1) is 7.15. The molecule has 1 rings (SSSR count). The van der Waals surface area contributed by atoms with Crippen LogP contribution in [0.4, 0.5) is 5.69 Å². The number of rotatable bonds is 4. The summed E-state index contributed by atoms with van der Waals surface area (Å²) < 4.78 is 0. The number of hydrogen-bond acceptors (Lipinski definition) is 3. The van der Waals surface area contributed by atoms with Crippen LogP contribution in [0.3, 0.4) is 0 Å². The zero-order valence-corrected chi connectivity index (χ0v) is 9.96. The third-order valence-electron chi connectivity index (χ3n) is 2.10. The van der Waals surface area contributed by atoms with Gasteiger partial charge in [0.05, 0.1) is 11.7 Å². The minimum absolute atomic E-state index is 0. The topological polar surface area (TPSA) is 75.4 Å². The maximum absolute atomic E-state index is 11.5. The molecule has 0 saturated carbocycles. The maximum atomic E-state index is 11.5. The summed E-state index contributed by atoms with van der Waals surface area (Å²) in [4.78, 5) is 11.5. The molecule has 1 unspecified atom stereocenters. The molecule has 1 amide bonds. The highest BCUT2D eigenvalue weighted by Gasteiger charge is 2.13. The van der Waals surface area contributed by atoms with Crippen LogP contribution in [0.25, 0.3) is 0 Å². The van der Waals surface area contributed by atoms with Crippen molar-refractivity contribution in [3.05, 3.63) is 24.3 Å². The Bertz CT molecular complexity index is 345. The van der Waals surface area contributed by atoms with Crippen molar-refractivity contribution >= 4 is 24.0 Å². The summed E-state index contributed by atoms with van der Waals surface area (Å²) in [5.74, 6) is -0.215. The Morgan fingerprint density at radius 1 is 1.50 bits per heavy atom. The molecule has 0 aromatic heterocycles. The van der Waals surface area contributed by atoms with Gasteiger partial charge in [-0.2, -0.15) is 0 Å². The predicted octanol–water partition coefficient (Wildman–Crippen LogP) is 1.88. The van der Waals surface area contributed by atoms with E-state index in [1.54, 1.807) is 18.2 Å². The van der Waals surface area contributed by atoms with E-state index >= 15 is 0 Å². The molecule has 1 aromatic carbocycles. The number of hydrogen-bond donors (Lipinski definition) is 3. The average Bonchev–Trinajstić information content (AvgIpc) is 2.21. The van der Waals surface area contributed by atoms with Crippen LogP contribution in [-0.2, 0) is 4.79 Å². The molecule has 1 aromatic rings. The van der Waals surface area contributed by atoms with Crippen LogP contribution < -0.4 is 11.1 Å². The van der Waals surface area contributed by atoms with E-state index in [0.29, 0.717) is 12.1 Å². The van der Waals surface area contributed by atoms with Crippen molar-refractivity contribution in [2.45, 2.75) is 25.8 Å². The molecule has 0 aliphatic carbocycles. The number of phenolic OH excluding ortho intramolecular Hbond substituents is 1. The minimum Gasteiger partial charge on any atom is -0.506 e. The van der Waals surface area contributed by atoms with Crippen LogP contribution >= 0.6 is 12.4 Å². The van der Waals surface area contributed by atoms with Gasteiger partial charge in [0.25, 0.3) is 0 Å². The van der Waals surface area contributed by atoms with Crippen molar-refractivity contribution in [1.29, 1.82) is 0 Å². The van der Waals surface area contributed by atoms with E-state index < -0.39 is 6.04 Å². The number of nitrogens with two attached hydrogens (primary N) is 1. The van der Waals surface area contributed by atoms with Gasteiger partial charge >= 0.3 is 0 Å². The second-order valence-corrected chi connectivity index (χ2v) is 3.40. The number of anilines is 1. The molecule has 0 saturated heterocycles. The Balaban J connectivity index is 0.00000225. The van der Waals surface area contributed by atoms with E-state index in [0.717, 1.165) is 6.42 Å². The third kappa shape index (κ3) is 4.08. The fourth-order valence-electron chi connectivity index (χ4n) is 1.25. The second-order valence-electron chi connectivity index (χ2n) is 3.40. The van der Waals surface area contributed by atoms with E-state index in [1.165, 1.54) is 6.07 Å². The third-order valence-corrected chi connectivity index (χ3v) is 2.10. The van der Waals surface area contributed by atoms with E-state index in [2.05, 4.69) is 5.32 Å². The monoisotopic (exact) mass is 244 g/mol. The Morgan fingerprint density at radius 3 is 2.69 bits per heavy atom. The van der Waals surface area contributed by atoms with Crippen molar-refractivity contribution in [3.8, 4) is 5.75 Å². The Morgan fingerprint density at radius 2 is 2.12 bits per heavy atom. The molecule has 0 bridgehead atoms. The number of para-hydroxylation sites is 2. The van der Waals surface area contributed by atoms with E-state index in [4.69, 9.17) is 5.73 Å². The van der Waals surface area contributed by atoms with E-state index in [-0.39, 0.29) is 24.1 Å². The van der Waals surface area contributed by atoms with Gasteiger partial charge in [-0.15, -0.1) is 12.4 Å². The first-order valence-electron chi connectivity index (χ1n) is 4.99. The van der Waals surface area contributed by atoms with Crippen molar-refractivity contribution in [1.82, 2.24) is 0 Å². The summed E-state index contributed by atoms with van der Waals surface area (Å²) in [6.07, 6.45) is 1.49. The Kier molecular flexibility index (Phi) is 6.53. The van der Waals surface area contributed by atoms with Crippen LogP contribution in [0.5, 0.6) is 5.75 Å².